The monoisotopic (exact) mass is 279 g/mol. The second kappa shape index (κ2) is 6.13. The molecular formula is C15H18ClNO2. The molecule has 0 spiro atoms. The van der Waals surface area contributed by atoms with Gasteiger partial charge >= 0.3 is 0 Å². The van der Waals surface area contributed by atoms with Crippen molar-refractivity contribution in [3.05, 3.63) is 41.1 Å². The molecule has 0 aliphatic heterocycles. The largest absolute Gasteiger partial charge is 0.495 e. The minimum Gasteiger partial charge on any atom is -0.495 e. The van der Waals surface area contributed by atoms with Gasteiger partial charge in [0.05, 0.1) is 18.7 Å². The average molecular weight is 280 g/mol. The van der Waals surface area contributed by atoms with Crippen LogP contribution in [0.1, 0.15) is 19.6 Å². The van der Waals surface area contributed by atoms with E-state index >= 15 is 0 Å². The molecule has 0 unspecified atom stereocenters. The summed E-state index contributed by atoms with van der Waals surface area (Å²) in [6, 6.07) is 9.98. The maximum absolute atomic E-state index is 6.11. The predicted octanol–water partition coefficient (Wildman–Crippen LogP) is 4.11. The first kappa shape index (κ1) is 14.0. The fourth-order valence-corrected chi connectivity index (χ4v) is 2.01. The topological polar surface area (TPSA) is 34.4 Å². The third-order valence-corrected chi connectivity index (χ3v) is 3.08. The van der Waals surface area contributed by atoms with E-state index in [0.717, 1.165) is 23.6 Å². The molecule has 19 heavy (non-hydrogen) atoms. The van der Waals surface area contributed by atoms with E-state index in [9.17, 15) is 0 Å². The van der Waals surface area contributed by atoms with Crippen LogP contribution in [-0.2, 0) is 6.54 Å². The summed E-state index contributed by atoms with van der Waals surface area (Å²) in [5.41, 5.74) is 0.946. The zero-order valence-corrected chi connectivity index (χ0v) is 12.1. The van der Waals surface area contributed by atoms with E-state index in [1.54, 1.807) is 7.11 Å². The standard InChI is InChI=1S/C15H18ClNO2/c1-10(2)17-9-12-5-7-14(19-12)11-4-6-15(18-3)13(16)8-11/h4-8,10,17H,9H2,1-3H3. The van der Waals surface area contributed by atoms with E-state index in [-0.39, 0.29) is 0 Å². The Hall–Kier alpha value is -1.45. The summed E-state index contributed by atoms with van der Waals surface area (Å²) in [5.74, 6) is 2.39. The first-order chi connectivity index (χ1) is 9.10. The number of nitrogens with one attached hydrogen (secondary N) is 1. The van der Waals surface area contributed by atoms with Crippen molar-refractivity contribution >= 4 is 11.6 Å². The Bertz CT molecular complexity index is 549. The minimum absolute atomic E-state index is 0.434. The molecule has 1 N–H and O–H groups in total. The molecule has 2 aromatic rings. The van der Waals surface area contributed by atoms with Crippen molar-refractivity contribution in [3.8, 4) is 17.1 Å². The Kier molecular flexibility index (Phi) is 4.51. The van der Waals surface area contributed by atoms with Gasteiger partial charge in [0.1, 0.15) is 17.3 Å². The number of benzene rings is 1. The van der Waals surface area contributed by atoms with Crippen molar-refractivity contribution in [2.45, 2.75) is 26.4 Å². The van der Waals surface area contributed by atoms with E-state index < -0.39 is 0 Å². The van der Waals surface area contributed by atoms with Crippen molar-refractivity contribution in [2.75, 3.05) is 7.11 Å². The number of ether oxygens (including phenoxy) is 1. The summed E-state index contributed by atoms with van der Waals surface area (Å²) in [4.78, 5) is 0. The van der Waals surface area contributed by atoms with Gasteiger partial charge in [-0.3, -0.25) is 0 Å². The van der Waals surface area contributed by atoms with Crippen LogP contribution in [0.2, 0.25) is 5.02 Å². The van der Waals surface area contributed by atoms with E-state index in [4.69, 9.17) is 20.8 Å². The number of furan rings is 1. The van der Waals surface area contributed by atoms with Crippen LogP contribution in [0, 0.1) is 0 Å². The molecule has 0 aliphatic carbocycles. The third kappa shape index (κ3) is 3.52. The van der Waals surface area contributed by atoms with Gasteiger partial charge in [0.15, 0.2) is 0 Å². The number of hydrogen-bond donors (Lipinski definition) is 1. The molecule has 1 aromatic heterocycles. The van der Waals surface area contributed by atoms with Crippen LogP contribution in [0.4, 0.5) is 0 Å². The van der Waals surface area contributed by atoms with Gasteiger partial charge in [0.25, 0.3) is 0 Å². The van der Waals surface area contributed by atoms with Gasteiger partial charge in [-0.15, -0.1) is 0 Å². The van der Waals surface area contributed by atoms with E-state index in [1.165, 1.54) is 0 Å². The second-order valence-electron chi connectivity index (χ2n) is 4.65. The minimum atomic E-state index is 0.434. The van der Waals surface area contributed by atoms with Crippen LogP contribution < -0.4 is 10.1 Å². The molecule has 0 aliphatic rings. The van der Waals surface area contributed by atoms with Crippen LogP contribution in [0.5, 0.6) is 5.75 Å². The number of halogens is 1. The van der Waals surface area contributed by atoms with Crippen molar-refractivity contribution < 1.29 is 9.15 Å². The van der Waals surface area contributed by atoms with Crippen LogP contribution in [0.15, 0.2) is 34.7 Å². The molecule has 1 aromatic carbocycles. The summed E-state index contributed by atoms with van der Waals surface area (Å²) in [5, 5.41) is 3.90. The Labute approximate surface area is 118 Å². The number of methoxy groups -OCH3 is 1. The zero-order chi connectivity index (χ0) is 13.8. The molecule has 0 fully saturated rings. The van der Waals surface area contributed by atoms with E-state index in [2.05, 4.69) is 19.2 Å². The lowest BCUT2D eigenvalue weighted by Crippen LogP contribution is -2.21. The average Bonchev–Trinajstić information content (AvgIpc) is 2.85. The van der Waals surface area contributed by atoms with E-state index in [1.807, 2.05) is 30.3 Å². The molecule has 0 amide bonds. The van der Waals surface area contributed by atoms with Crippen molar-refractivity contribution in [1.29, 1.82) is 0 Å². The van der Waals surface area contributed by atoms with Crippen molar-refractivity contribution in [2.24, 2.45) is 0 Å². The summed E-state index contributed by atoms with van der Waals surface area (Å²) in [7, 11) is 1.60. The van der Waals surface area contributed by atoms with Crippen LogP contribution in [0.25, 0.3) is 11.3 Å². The van der Waals surface area contributed by atoms with Crippen LogP contribution in [0.3, 0.4) is 0 Å². The molecule has 0 saturated carbocycles. The third-order valence-electron chi connectivity index (χ3n) is 2.78. The molecule has 0 saturated heterocycles. The Balaban J connectivity index is 2.16. The van der Waals surface area contributed by atoms with Gasteiger partial charge < -0.3 is 14.5 Å². The molecular weight excluding hydrogens is 262 g/mol. The Morgan fingerprint density at radius 3 is 2.68 bits per heavy atom. The normalized spacial score (nSPS) is 11.0. The summed E-state index contributed by atoms with van der Waals surface area (Å²) in [6.07, 6.45) is 0. The lowest BCUT2D eigenvalue weighted by Gasteiger charge is -2.06. The zero-order valence-electron chi connectivity index (χ0n) is 11.4. The molecule has 2 rings (SSSR count). The Morgan fingerprint density at radius 2 is 2.05 bits per heavy atom. The lowest BCUT2D eigenvalue weighted by molar-refractivity contribution is 0.415. The molecule has 0 bridgehead atoms. The van der Waals surface area contributed by atoms with Gasteiger partial charge in [-0.1, -0.05) is 25.4 Å². The molecule has 1 heterocycles. The first-order valence-electron chi connectivity index (χ1n) is 6.26. The van der Waals surface area contributed by atoms with Crippen LogP contribution >= 0.6 is 11.6 Å². The highest BCUT2D eigenvalue weighted by atomic mass is 35.5. The van der Waals surface area contributed by atoms with Gasteiger partial charge in [-0.25, -0.2) is 0 Å². The van der Waals surface area contributed by atoms with Crippen LogP contribution in [-0.4, -0.2) is 13.2 Å². The van der Waals surface area contributed by atoms with Gasteiger partial charge in [0, 0.05) is 11.6 Å². The van der Waals surface area contributed by atoms with Gasteiger partial charge in [-0.2, -0.15) is 0 Å². The lowest BCUT2D eigenvalue weighted by atomic mass is 10.2. The molecule has 4 heteroatoms. The molecule has 102 valence electrons. The number of rotatable bonds is 5. The fourth-order valence-electron chi connectivity index (χ4n) is 1.75. The molecule has 0 atom stereocenters. The smallest absolute Gasteiger partial charge is 0.137 e. The van der Waals surface area contributed by atoms with Crippen molar-refractivity contribution in [3.63, 3.8) is 0 Å². The second-order valence-corrected chi connectivity index (χ2v) is 5.06. The highest BCUT2D eigenvalue weighted by Crippen LogP contribution is 2.31. The Morgan fingerprint density at radius 1 is 1.26 bits per heavy atom. The van der Waals surface area contributed by atoms with Gasteiger partial charge in [0.2, 0.25) is 0 Å². The van der Waals surface area contributed by atoms with Crippen molar-refractivity contribution in [1.82, 2.24) is 5.32 Å². The molecule has 3 nitrogen and oxygen atoms in total. The number of hydrogen-bond acceptors (Lipinski definition) is 3. The summed E-state index contributed by atoms with van der Waals surface area (Å²) >= 11 is 6.11. The molecule has 0 radical (unpaired) electrons. The summed E-state index contributed by atoms with van der Waals surface area (Å²) in [6.45, 7) is 4.93. The van der Waals surface area contributed by atoms with Gasteiger partial charge in [-0.05, 0) is 30.3 Å². The maximum atomic E-state index is 6.11. The SMILES string of the molecule is COc1ccc(-c2ccc(CNC(C)C)o2)cc1Cl. The van der Waals surface area contributed by atoms with E-state index in [0.29, 0.717) is 16.8 Å². The fraction of sp³-hybridized carbons (Fsp3) is 0.333. The quantitative estimate of drug-likeness (QED) is 0.894. The first-order valence-corrected chi connectivity index (χ1v) is 6.64. The summed E-state index contributed by atoms with van der Waals surface area (Å²) < 4.78 is 10.9. The highest BCUT2D eigenvalue weighted by molar-refractivity contribution is 6.32. The maximum Gasteiger partial charge on any atom is 0.137 e. The predicted molar refractivity (Wildman–Crippen MR) is 77.7 cm³/mol. The highest BCUT2D eigenvalue weighted by Gasteiger charge is 2.08.